The molecule has 2 aromatic rings. The van der Waals surface area contributed by atoms with Gasteiger partial charge in [-0.1, -0.05) is 62.9 Å². The van der Waals surface area contributed by atoms with E-state index in [0.717, 1.165) is 17.3 Å². The number of nitrogens with zero attached hydrogens (tertiary/aromatic N) is 1. The van der Waals surface area contributed by atoms with E-state index < -0.39 is 28.1 Å². The lowest BCUT2D eigenvalue weighted by Gasteiger charge is -2.31. The minimum Gasteiger partial charge on any atom is -0.454 e. The van der Waals surface area contributed by atoms with Crippen molar-refractivity contribution in [1.82, 2.24) is 9.62 Å². The highest BCUT2D eigenvalue weighted by Gasteiger charge is 2.33. The molecule has 2 N–H and O–H groups in total. The number of fused-ring (bicyclic) bond motifs is 1. The summed E-state index contributed by atoms with van der Waals surface area (Å²) in [5.41, 5.74) is 0.886. The van der Waals surface area contributed by atoms with Crippen LogP contribution in [-0.4, -0.2) is 66.6 Å². The van der Waals surface area contributed by atoms with E-state index in [4.69, 9.17) is 9.47 Å². The zero-order valence-corrected chi connectivity index (χ0v) is 23.8. The highest BCUT2D eigenvalue weighted by molar-refractivity contribution is 8.13. The van der Waals surface area contributed by atoms with E-state index in [1.807, 2.05) is 44.2 Å². The van der Waals surface area contributed by atoms with Crippen molar-refractivity contribution in [2.24, 2.45) is 11.8 Å². The van der Waals surface area contributed by atoms with Crippen LogP contribution < -0.4 is 14.8 Å². The van der Waals surface area contributed by atoms with Crippen molar-refractivity contribution in [3.8, 4) is 11.5 Å². The summed E-state index contributed by atoms with van der Waals surface area (Å²) in [6, 6.07) is 13.1. The third kappa shape index (κ3) is 8.20. The van der Waals surface area contributed by atoms with E-state index in [9.17, 15) is 23.1 Å². The maximum atomic E-state index is 13.7. The zero-order valence-electron chi connectivity index (χ0n) is 22.1. The van der Waals surface area contributed by atoms with Gasteiger partial charge in [0.25, 0.3) is 0 Å². The van der Waals surface area contributed by atoms with Gasteiger partial charge in [-0.2, -0.15) is 4.31 Å². The summed E-state index contributed by atoms with van der Waals surface area (Å²) in [4.78, 5) is 24.3. The predicted molar refractivity (Wildman–Crippen MR) is 147 cm³/mol. The van der Waals surface area contributed by atoms with Gasteiger partial charge in [0, 0.05) is 37.8 Å². The first-order valence-corrected chi connectivity index (χ1v) is 15.0. The molecule has 1 aliphatic heterocycles. The molecule has 0 saturated heterocycles. The van der Waals surface area contributed by atoms with Gasteiger partial charge in [0.05, 0.1) is 17.0 Å². The van der Waals surface area contributed by atoms with Gasteiger partial charge in [-0.15, -0.1) is 0 Å². The maximum absolute atomic E-state index is 13.7. The van der Waals surface area contributed by atoms with Crippen molar-refractivity contribution in [1.29, 1.82) is 0 Å². The number of aliphatic hydroxyl groups excluding tert-OH is 1. The minimum atomic E-state index is -4.00. The van der Waals surface area contributed by atoms with Gasteiger partial charge in [0.1, 0.15) is 0 Å². The Morgan fingerprint density at radius 2 is 1.74 bits per heavy atom. The number of hydrogen-bond donors (Lipinski definition) is 2. The average Bonchev–Trinajstić information content (AvgIpc) is 3.34. The third-order valence-corrected chi connectivity index (χ3v) is 8.92. The quantitative estimate of drug-likeness (QED) is 0.381. The molecule has 1 heterocycles. The van der Waals surface area contributed by atoms with Crippen molar-refractivity contribution < 1.29 is 32.6 Å². The van der Waals surface area contributed by atoms with Gasteiger partial charge >= 0.3 is 0 Å². The van der Waals surface area contributed by atoms with Gasteiger partial charge < -0.3 is 19.9 Å². The molecular formula is C27H36N2O7S2. The van der Waals surface area contributed by atoms with Crippen LogP contribution in [0, 0.1) is 11.8 Å². The largest absolute Gasteiger partial charge is 0.454 e. The number of thioether (sulfide) groups is 1. The fraction of sp³-hybridized carbons (Fsp3) is 0.481. The number of carbonyl (C=O) groups is 2. The van der Waals surface area contributed by atoms with Crippen molar-refractivity contribution in [3.63, 3.8) is 0 Å². The molecule has 3 rings (SSSR count). The van der Waals surface area contributed by atoms with Crippen LogP contribution >= 0.6 is 11.8 Å². The summed E-state index contributed by atoms with van der Waals surface area (Å²) >= 11 is 1.07. The number of nitrogens with one attached hydrogen (secondary N) is 1. The minimum absolute atomic E-state index is 0.0169. The normalized spacial score (nSPS) is 15.3. The first kappa shape index (κ1) is 29.9. The molecule has 0 saturated carbocycles. The van der Waals surface area contributed by atoms with E-state index in [1.54, 1.807) is 13.0 Å². The lowest BCUT2D eigenvalue weighted by atomic mass is 10.00. The average molecular weight is 565 g/mol. The van der Waals surface area contributed by atoms with Gasteiger partial charge in [0.15, 0.2) is 16.6 Å². The predicted octanol–water partition coefficient (Wildman–Crippen LogP) is 3.07. The Balaban J connectivity index is 1.83. The molecule has 0 spiro atoms. The van der Waals surface area contributed by atoms with Crippen LogP contribution in [0.1, 0.15) is 33.3 Å². The lowest BCUT2D eigenvalue weighted by molar-refractivity contribution is -0.125. The Morgan fingerprint density at radius 1 is 1.05 bits per heavy atom. The van der Waals surface area contributed by atoms with Crippen LogP contribution in [0.4, 0.5) is 0 Å². The molecule has 1 amide bonds. The van der Waals surface area contributed by atoms with Crippen LogP contribution in [0.5, 0.6) is 11.5 Å². The summed E-state index contributed by atoms with van der Waals surface area (Å²) in [5, 5.41) is 14.2. The maximum Gasteiger partial charge on any atom is 0.243 e. The molecule has 0 aromatic heterocycles. The van der Waals surface area contributed by atoms with Crippen molar-refractivity contribution in [2.75, 3.05) is 25.6 Å². The van der Waals surface area contributed by atoms with E-state index in [-0.39, 0.29) is 41.7 Å². The second-order valence-corrected chi connectivity index (χ2v) is 12.9. The summed E-state index contributed by atoms with van der Waals surface area (Å²) in [6.07, 6.45) is -0.894. The van der Waals surface area contributed by atoms with Gasteiger partial charge in [-0.3, -0.25) is 9.59 Å². The summed E-state index contributed by atoms with van der Waals surface area (Å²) < 4.78 is 39.2. The molecule has 0 fully saturated rings. The molecule has 3 atom stereocenters. The highest BCUT2D eigenvalue weighted by atomic mass is 32.2. The molecule has 208 valence electrons. The van der Waals surface area contributed by atoms with Gasteiger partial charge in [-0.25, -0.2) is 8.42 Å². The fourth-order valence-electron chi connectivity index (χ4n) is 3.99. The van der Waals surface area contributed by atoms with Crippen molar-refractivity contribution in [3.05, 3.63) is 54.1 Å². The van der Waals surface area contributed by atoms with Crippen LogP contribution in [0.2, 0.25) is 0 Å². The molecule has 0 bridgehead atoms. The Kier molecular flexibility index (Phi) is 10.6. The third-order valence-electron chi connectivity index (χ3n) is 6.02. The molecule has 1 unspecified atom stereocenters. The molecule has 11 heteroatoms. The first-order valence-electron chi connectivity index (χ1n) is 12.5. The first-order chi connectivity index (χ1) is 18.0. The Hall–Kier alpha value is -2.60. The molecule has 9 nitrogen and oxygen atoms in total. The van der Waals surface area contributed by atoms with E-state index in [0.29, 0.717) is 23.7 Å². The smallest absolute Gasteiger partial charge is 0.243 e. The van der Waals surface area contributed by atoms with Crippen LogP contribution in [0.3, 0.4) is 0 Å². The fourth-order valence-corrected chi connectivity index (χ4v) is 6.27. The molecule has 38 heavy (non-hydrogen) atoms. The second-order valence-electron chi connectivity index (χ2n) is 9.81. The Labute approximate surface area is 228 Å². The molecule has 1 aliphatic rings. The number of hydrogen-bond acceptors (Lipinski definition) is 8. The zero-order chi connectivity index (χ0) is 27.9. The van der Waals surface area contributed by atoms with Gasteiger partial charge in [0.2, 0.25) is 22.7 Å². The number of amides is 1. The topological polar surface area (TPSA) is 122 Å². The SMILES string of the molecule is CC(=O)SC[C@@H](C)C(=O)NC(Cc1ccccc1)[C@H](O)CN(CC(C)C)S(=O)(=O)c1ccc2c(c1)OCO2. The molecular weight excluding hydrogens is 528 g/mol. The van der Waals surface area contributed by atoms with Crippen molar-refractivity contribution in [2.45, 2.75) is 51.2 Å². The number of sulfonamides is 1. The summed E-state index contributed by atoms with van der Waals surface area (Å²) in [5.74, 6) is 0.334. The van der Waals surface area contributed by atoms with Crippen LogP contribution in [0.15, 0.2) is 53.4 Å². The van der Waals surface area contributed by atoms with Crippen molar-refractivity contribution >= 4 is 32.8 Å². The number of rotatable bonds is 13. The standard InChI is InChI=1S/C27H36N2O7S2/c1-18(2)14-29(38(33,34)22-10-11-25-26(13-22)36-17-35-25)15-24(31)23(12-21-8-6-5-7-9-21)28-27(32)19(3)16-37-20(4)30/h5-11,13,18-19,23-24,31H,12,14-17H2,1-4H3,(H,28,32)/t19-,23?,24-/m1/s1. The van der Waals surface area contributed by atoms with Gasteiger partial charge in [-0.05, 0) is 30.0 Å². The number of benzene rings is 2. The molecule has 0 radical (unpaired) electrons. The van der Waals surface area contributed by atoms with E-state index >= 15 is 0 Å². The van der Waals surface area contributed by atoms with Crippen LogP contribution in [0.25, 0.3) is 0 Å². The second kappa shape index (κ2) is 13.5. The van der Waals surface area contributed by atoms with Crippen LogP contribution in [-0.2, 0) is 26.0 Å². The number of ether oxygens (including phenoxy) is 2. The summed E-state index contributed by atoms with van der Waals surface area (Å²) in [6.45, 7) is 6.93. The highest BCUT2D eigenvalue weighted by Crippen LogP contribution is 2.35. The molecule has 0 aliphatic carbocycles. The number of aliphatic hydroxyl groups is 1. The number of carbonyl (C=O) groups excluding carboxylic acids is 2. The van der Waals surface area contributed by atoms with E-state index in [1.165, 1.54) is 23.4 Å². The van der Waals surface area contributed by atoms with E-state index in [2.05, 4.69) is 5.32 Å². The molecule has 2 aromatic carbocycles. The summed E-state index contributed by atoms with van der Waals surface area (Å²) in [7, 11) is -4.00. The monoisotopic (exact) mass is 564 g/mol. The Morgan fingerprint density at radius 3 is 2.39 bits per heavy atom. The Bertz CT molecular complexity index is 1210. The lowest BCUT2D eigenvalue weighted by Crippen LogP contribution is -2.52.